The predicted molar refractivity (Wildman–Crippen MR) is 72.2 cm³/mol. The molecular weight excluding hydrogens is 266 g/mol. The lowest BCUT2D eigenvalue weighted by Gasteiger charge is -2.14. The van der Waals surface area contributed by atoms with Crippen molar-refractivity contribution in [2.75, 3.05) is 11.5 Å². The normalized spacial score (nSPS) is 22.9. The van der Waals surface area contributed by atoms with Gasteiger partial charge in [0, 0.05) is 22.6 Å². The minimum absolute atomic E-state index is 0.0118. The van der Waals surface area contributed by atoms with Gasteiger partial charge in [-0.2, -0.15) is 0 Å². The molecule has 2 rings (SSSR count). The molecule has 2 N–H and O–H groups in total. The van der Waals surface area contributed by atoms with Crippen molar-refractivity contribution in [1.82, 2.24) is 5.32 Å². The lowest BCUT2D eigenvalue weighted by atomic mass is 10.1. The summed E-state index contributed by atoms with van der Waals surface area (Å²) in [7, 11) is -1.25. The van der Waals surface area contributed by atoms with E-state index >= 15 is 0 Å². The Balaban J connectivity index is 1.71. The van der Waals surface area contributed by atoms with E-state index in [2.05, 4.69) is 5.32 Å². The molecule has 5 nitrogen and oxygen atoms in total. The first-order valence-electron chi connectivity index (χ1n) is 6.85. The summed E-state index contributed by atoms with van der Waals surface area (Å²) in [6, 6.07) is 0.249. The van der Waals surface area contributed by atoms with Crippen LogP contribution in [0.15, 0.2) is 0 Å². The van der Waals surface area contributed by atoms with Gasteiger partial charge in [-0.25, -0.2) is 0 Å². The Bertz CT molecular complexity index is 386. The van der Waals surface area contributed by atoms with Gasteiger partial charge in [-0.05, 0) is 31.1 Å². The summed E-state index contributed by atoms with van der Waals surface area (Å²) in [4.78, 5) is 22.4. The van der Waals surface area contributed by atoms with Gasteiger partial charge in [0.15, 0.2) is 0 Å². The Labute approximate surface area is 115 Å². The molecule has 1 amide bonds. The van der Waals surface area contributed by atoms with Crippen molar-refractivity contribution >= 4 is 22.7 Å². The molecule has 1 unspecified atom stereocenters. The molecule has 2 fully saturated rings. The van der Waals surface area contributed by atoms with Gasteiger partial charge in [0.25, 0.3) is 0 Å². The number of hydrogen-bond acceptors (Lipinski definition) is 3. The molecule has 0 heterocycles. The third-order valence-electron chi connectivity index (χ3n) is 3.96. The zero-order valence-corrected chi connectivity index (χ0v) is 11.8. The molecule has 0 aliphatic heterocycles. The highest BCUT2D eigenvalue weighted by Crippen LogP contribution is 2.49. The minimum Gasteiger partial charge on any atom is -0.481 e. The monoisotopic (exact) mass is 287 g/mol. The Morgan fingerprint density at radius 1 is 1.26 bits per heavy atom. The lowest BCUT2D eigenvalue weighted by Crippen LogP contribution is -2.36. The van der Waals surface area contributed by atoms with E-state index in [0.29, 0.717) is 5.75 Å². The molecule has 1 atom stereocenters. The standard InChI is InChI=1S/C13H21NO4S/c15-11(14-10-3-1-2-4-10)8-19(18)9-13(5-6-13)7-12(16)17/h10H,1-9H2,(H,14,15)(H,16,17). The van der Waals surface area contributed by atoms with Gasteiger partial charge in [0.05, 0.1) is 6.42 Å². The number of rotatable bonds is 7. The fourth-order valence-corrected chi connectivity index (χ4v) is 4.30. The van der Waals surface area contributed by atoms with Gasteiger partial charge < -0.3 is 10.4 Å². The van der Waals surface area contributed by atoms with Crippen LogP contribution < -0.4 is 5.32 Å². The number of carboxylic acid groups (broad SMARTS) is 1. The van der Waals surface area contributed by atoms with Crippen molar-refractivity contribution in [3.05, 3.63) is 0 Å². The number of carboxylic acids is 1. The average molecular weight is 287 g/mol. The second-order valence-corrected chi connectivity index (χ2v) is 7.30. The van der Waals surface area contributed by atoms with Crippen LogP contribution in [0.1, 0.15) is 44.9 Å². The van der Waals surface area contributed by atoms with Crippen molar-refractivity contribution < 1.29 is 18.9 Å². The lowest BCUT2D eigenvalue weighted by molar-refractivity contribution is -0.138. The molecule has 0 radical (unpaired) electrons. The Morgan fingerprint density at radius 2 is 1.89 bits per heavy atom. The van der Waals surface area contributed by atoms with E-state index in [-0.39, 0.29) is 29.5 Å². The van der Waals surface area contributed by atoms with E-state index in [1.54, 1.807) is 0 Å². The molecule has 6 heteroatoms. The van der Waals surface area contributed by atoms with Crippen molar-refractivity contribution in [2.45, 2.75) is 51.0 Å². The Morgan fingerprint density at radius 3 is 2.42 bits per heavy atom. The van der Waals surface area contributed by atoms with Gasteiger partial charge in [0.2, 0.25) is 5.91 Å². The van der Waals surface area contributed by atoms with Crippen LogP contribution in [0.2, 0.25) is 0 Å². The maximum atomic E-state index is 11.9. The molecule has 0 aromatic carbocycles. The summed E-state index contributed by atoms with van der Waals surface area (Å²) < 4.78 is 11.9. The zero-order valence-electron chi connectivity index (χ0n) is 11.0. The fourth-order valence-electron chi connectivity index (χ4n) is 2.75. The summed E-state index contributed by atoms with van der Waals surface area (Å²) in [6.07, 6.45) is 6.03. The van der Waals surface area contributed by atoms with E-state index < -0.39 is 16.8 Å². The van der Waals surface area contributed by atoms with Crippen LogP contribution in [0.4, 0.5) is 0 Å². The number of carbonyl (C=O) groups excluding carboxylic acids is 1. The summed E-state index contributed by atoms with van der Waals surface area (Å²) >= 11 is 0. The van der Waals surface area contributed by atoms with Crippen LogP contribution in [0, 0.1) is 5.41 Å². The first-order chi connectivity index (χ1) is 8.99. The van der Waals surface area contributed by atoms with Crippen molar-refractivity contribution in [2.24, 2.45) is 5.41 Å². The third-order valence-corrected chi connectivity index (χ3v) is 5.48. The second kappa shape index (κ2) is 6.03. The largest absolute Gasteiger partial charge is 0.481 e. The van der Waals surface area contributed by atoms with Gasteiger partial charge in [-0.3, -0.25) is 13.8 Å². The summed E-state index contributed by atoms with van der Waals surface area (Å²) in [6.45, 7) is 0. The Kier molecular flexibility index (Phi) is 4.60. The number of nitrogens with one attached hydrogen (secondary N) is 1. The molecule has 0 saturated heterocycles. The maximum Gasteiger partial charge on any atom is 0.303 e. The highest BCUT2D eigenvalue weighted by molar-refractivity contribution is 7.85. The smallest absolute Gasteiger partial charge is 0.303 e. The van der Waals surface area contributed by atoms with E-state index in [1.165, 1.54) is 0 Å². The molecule has 2 saturated carbocycles. The van der Waals surface area contributed by atoms with Crippen LogP contribution in [0.25, 0.3) is 0 Å². The van der Waals surface area contributed by atoms with E-state index in [1.807, 2.05) is 0 Å². The van der Waals surface area contributed by atoms with E-state index in [0.717, 1.165) is 38.5 Å². The van der Waals surface area contributed by atoms with Gasteiger partial charge >= 0.3 is 5.97 Å². The van der Waals surface area contributed by atoms with E-state index in [4.69, 9.17) is 5.11 Å². The summed E-state index contributed by atoms with van der Waals surface area (Å²) in [5, 5.41) is 11.7. The van der Waals surface area contributed by atoms with Gasteiger partial charge in [-0.1, -0.05) is 12.8 Å². The van der Waals surface area contributed by atoms with Crippen LogP contribution in [-0.2, 0) is 20.4 Å². The molecule has 0 aromatic heterocycles. The third kappa shape index (κ3) is 4.60. The number of carbonyl (C=O) groups is 2. The highest BCUT2D eigenvalue weighted by Gasteiger charge is 2.45. The highest BCUT2D eigenvalue weighted by atomic mass is 32.2. The Hall–Kier alpha value is -0.910. The van der Waals surface area contributed by atoms with Crippen LogP contribution in [-0.4, -0.2) is 38.7 Å². The average Bonchev–Trinajstić information content (AvgIpc) is 2.84. The van der Waals surface area contributed by atoms with Gasteiger partial charge in [-0.15, -0.1) is 0 Å². The SMILES string of the molecule is O=C(O)CC1(CS(=O)CC(=O)NC2CCCC2)CC1. The number of amides is 1. The molecule has 0 bridgehead atoms. The van der Waals surface area contributed by atoms with Crippen LogP contribution >= 0.6 is 0 Å². The minimum atomic E-state index is -1.25. The molecular formula is C13H21NO4S. The molecule has 108 valence electrons. The maximum absolute atomic E-state index is 11.9. The van der Waals surface area contributed by atoms with Crippen LogP contribution in [0.5, 0.6) is 0 Å². The first-order valence-corrected chi connectivity index (χ1v) is 8.34. The van der Waals surface area contributed by atoms with Gasteiger partial charge in [0.1, 0.15) is 5.75 Å². The molecule has 2 aliphatic rings. The topological polar surface area (TPSA) is 83.5 Å². The fraction of sp³-hybridized carbons (Fsp3) is 0.846. The molecule has 0 aromatic rings. The summed E-state index contributed by atoms with van der Waals surface area (Å²) in [5.41, 5.74) is -0.301. The quantitative estimate of drug-likeness (QED) is 0.733. The first kappa shape index (κ1) is 14.5. The van der Waals surface area contributed by atoms with Crippen molar-refractivity contribution in [1.29, 1.82) is 0 Å². The molecule has 19 heavy (non-hydrogen) atoms. The summed E-state index contributed by atoms with van der Waals surface area (Å²) in [5.74, 6) is -0.642. The number of hydrogen-bond donors (Lipinski definition) is 2. The van der Waals surface area contributed by atoms with Crippen LogP contribution in [0.3, 0.4) is 0 Å². The molecule has 2 aliphatic carbocycles. The second-order valence-electron chi connectivity index (χ2n) is 5.85. The van der Waals surface area contributed by atoms with Crippen molar-refractivity contribution in [3.63, 3.8) is 0 Å². The van der Waals surface area contributed by atoms with Crippen molar-refractivity contribution in [3.8, 4) is 0 Å². The molecule has 0 spiro atoms. The predicted octanol–water partition coefficient (Wildman–Crippen LogP) is 1.05. The van der Waals surface area contributed by atoms with E-state index in [9.17, 15) is 13.8 Å². The number of aliphatic carboxylic acids is 1. The zero-order chi connectivity index (χ0) is 13.9.